The van der Waals surface area contributed by atoms with Gasteiger partial charge in [-0.15, -0.1) is 0 Å². The molecule has 1 aliphatic rings. The molecule has 0 amide bonds. The van der Waals surface area contributed by atoms with Gasteiger partial charge >= 0.3 is 0 Å². The van der Waals surface area contributed by atoms with Gasteiger partial charge in [-0.1, -0.05) is 42.5 Å². The quantitative estimate of drug-likeness (QED) is 0.621. The number of aromatic nitrogens is 2. The van der Waals surface area contributed by atoms with Crippen LogP contribution in [0.5, 0.6) is 0 Å². The lowest BCUT2D eigenvalue weighted by atomic mass is 10.1. The molecule has 7 nitrogen and oxygen atoms in total. The van der Waals surface area contributed by atoms with Gasteiger partial charge in [0.05, 0.1) is 16.8 Å². The molecule has 1 heterocycles. The lowest BCUT2D eigenvalue weighted by molar-refractivity contribution is 0.103. The molecule has 0 atom stereocenters. The first-order chi connectivity index (χ1) is 13.4. The number of nitrogen functional groups attached to an aromatic ring is 1. The zero-order valence-corrected chi connectivity index (χ0v) is 15.7. The monoisotopic (exact) mass is 394 g/mol. The summed E-state index contributed by atoms with van der Waals surface area (Å²) in [5, 5.41) is 0. The number of hydrogen-bond acceptors (Lipinski definition) is 6. The first-order valence-corrected chi connectivity index (χ1v) is 10.3. The average Bonchev–Trinajstić information content (AvgIpc) is 3.52. The summed E-state index contributed by atoms with van der Waals surface area (Å²) in [6.45, 7) is 0. The molecule has 3 aromatic rings. The van der Waals surface area contributed by atoms with Gasteiger partial charge in [0, 0.05) is 17.2 Å². The van der Waals surface area contributed by atoms with Crippen LogP contribution in [0.2, 0.25) is 0 Å². The van der Waals surface area contributed by atoms with E-state index in [9.17, 15) is 13.2 Å². The number of carbonyl (C=O) groups excluding carboxylic acids is 1. The van der Waals surface area contributed by atoms with Crippen LogP contribution in [0.3, 0.4) is 0 Å². The topological polar surface area (TPSA) is 115 Å². The molecular weight excluding hydrogens is 376 g/mol. The second kappa shape index (κ2) is 7.14. The van der Waals surface area contributed by atoms with Gasteiger partial charge in [-0.3, -0.25) is 4.79 Å². The number of nitrogens with two attached hydrogens (primary N) is 1. The Balaban J connectivity index is 1.70. The fraction of sp³-hybridized carbons (Fsp3) is 0.150. The molecule has 1 aliphatic carbocycles. The number of sulfonamides is 1. The number of hydrogen-bond donors (Lipinski definition) is 2. The van der Waals surface area contributed by atoms with Crippen molar-refractivity contribution in [3.63, 3.8) is 0 Å². The molecule has 142 valence electrons. The van der Waals surface area contributed by atoms with E-state index in [-0.39, 0.29) is 28.2 Å². The van der Waals surface area contributed by atoms with E-state index < -0.39 is 10.0 Å². The molecular formula is C20H18N4O3S. The zero-order valence-electron chi connectivity index (χ0n) is 14.9. The molecule has 1 fully saturated rings. The first kappa shape index (κ1) is 18.3. The van der Waals surface area contributed by atoms with Crippen LogP contribution in [0.1, 0.15) is 28.9 Å². The summed E-state index contributed by atoms with van der Waals surface area (Å²) in [5.41, 5.74) is 7.26. The van der Waals surface area contributed by atoms with E-state index >= 15 is 0 Å². The highest BCUT2D eigenvalue weighted by molar-refractivity contribution is 7.89. The number of benzene rings is 2. The maximum atomic E-state index is 12.7. The maximum Gasteiger partial charge on any atom is 0.240 e. The summed E-state index contributed by atoms with van der Waals surface area (Å²) in [7, 11) is -3.59. The molecule has 0 unspecified atom stereocenters. The number of anilines is 1. The van der Waals surface area contributed by atoms with Crippen LogP contribution >= 0.6 is 0 Å². The largest absolute Gasteiger partial charge is 0.382 e. The molecule has 0 saturated heterocycles. The summed E-state index contributed by atoms with van der Waals surface area (Å²) >= 11 is 0. The molecule has 2 aromatic carbocycles. The van der Waals surface area contributed by atoms with Crippen molar-refractivity contribution in [3.8, 4) is 11.3 Å². The maximum absolute atomic E-state index is 12.7. The fourth-order valence-electron chi connectivity index (χ4n) is 2.74. The zero-order chi connectivity index (χ0) is 19.7. The van der Waals surface area contributed by atoms with E-state index in [1.165, 1.54) is 18.3 Å². The molecule has 0 bridgehead atoms. The minimum atomic E-state index is -3.59. The van der Waals surface area contributed by atoms with Gasteiger partial charge in [-0.2, -0.15) is 0 Å². The highest BCUT2D eigenvalue weighted by Gasteiger charge is 2.28. The Morgan fingerprint density at radius 1 is 1.07 bits per heavy atom. The third-order valence-electron chi connectivity index (χ3n) is 4.39. The van der Waals surface area contributed by atoms with E-state index in [4.69, 9.17) is 5.73 Å². The Hall–Kier alpha value is -3.10. The van der Waals surface area contributed by atoms with Gasteiger partial charge in [-0.25, -0.2) is 23.1 Å². The normalized spacial score (nSPS) is 14.0. The van der Waals surface area contributed by atoms with E-state index in [0.717, 1.165) is 12.8 Å². The van der Waals surface area contributed by atoms with E-state index in [0.29, 0.717) is 16.8 Å². The van der Waals surface area contributed by atoms with E-state index in [1.807, 2.05) is 6.07 Å². The number of ketones is 1. The SMILES string of the molecule is Nc1ncc(-c2cccc(S(=O)(=O)NC3CC3)c2)nc1C(=O)c1ccccc1. The highest BCUT2D eigenvalue weighted by Crippen LogP contribution is 2.25. The van der Waals surface area contributed by atoms with Crippen LogP contribution in [0.4, 0.5) is 5.82 Å². The van der Waals surface area contributed by atoms with Crippen molar-refractivity contribution in [1.29, 1.82) is 0 Å². The molecule has 1 aromatic heterocycles. The number of carbonyl (C=O) groups is 1. The van der Waals surface area contributed by atoms with Crippen molar-refractivity contribution in [3.05, 3.63) is 72.1 Å². The third kappa shape index (κ3) is 3.78. The van der Waals surface area contributed by atoms with Crippen molar-refractivity contribution in [2.45, 2.75) is 23.8 Å². The average molecular weight is 394 g/mol. The van der Waals surface area contributed by atoms with E-state index in [2.05, 4.69) is 14.7 Å². The van der Waals surface area contributed by atoms with Crippen molar-refractivity contribution in [1.82, 2.24) is 14.7 Å². The molecule has 28 heavy (non-hydrogen) atoms. The molecule has 8 heteroatoms. The van der Waals surface area contributed by atoms with Crippen LogP contribution < -0.4 is 10.5 Å². The van der Waals surface area contributed by atoms with Crippen LogP contribution in [-0.2, 0) is 10.0 Å². The molecule has 0 spiro atoms. The lowest BCUT2D eigenvalue weighted by Gasteiger charge is -2.09. The molecule has 3 N–H and O–H groups in total. The van der Waals surface area contributed by atoms with Gasteiger partial charge < -0.3 is 5.73 Å². The summed E-state index contributed by atoms with van der Waals surface area (Å²) in [4.78, 5) is 21.3. The van der Waals surface area contributed by atoms with Gasteiger partial charge in [0.2, 0.25) is 15.8 Å². The van der Waals surface area contributed by atoms with Crippen LogP contribution in [0.15, 0.2) is 65.7 Å². The fourth-order valence-corrected chi connectivity index (χ4v) is 4.09. The summed E-state index contributed by atoms with van der Waals surface area (Å²) < 4.78 is 27.6. The molecule has 0 aliphatic heterocycles. The van der Waals surface area contributed by atoms with Crippen LogP contribution in [0.25, 0.3) is 11.3 Å². The highest BCUT2D eigenvalue weighted by atomic mass is 32.2. The van der Waals surface area contributed by atoms with Crippen molar-refractivity contribution < 1.29 is 13.2 Å². The van der Waals surface area contributed by atoms with Crippen molar-refractivity contribution in [2.24, 2.45) is 0 Å². The van der Waals surface area contributed by atoms with Gasteiger partial charge in [0.15, 0.2) is 11.5 Å². The van der Waals surface area contributed by atoms with Gasteiger partial charge in [0.1, 0.15) is 0 Å². The smallest absolute Gasteiger partial charge is 0.240 e. The molecule has 4 rings (SSSR count). The van der Waals surface area contributed by atoms with Crippen LogP contribution in [0, 0.1) is 0 Å². The predicted molar refractivity (Wildman–Crippen MR) is 105 cm³/mol. The van der Waals surface area contributed by atoms with E-state index in [1.54, 1.807) is 36.4 Å². The lowest BCUT2D eigenvalue weighted by Crippen LogP contribution is -2.25. The number of rotatable bonds is 6. The molecule has 1 saturated carbocycles. The number of nitrogens with zero attached hydrogens (tertiary/aromatic N) is 2. The second-order valence-corrected chi connectivity index (χ2v) is 8.32. The Bertz CT molecular complexity index is 1140. The predicted octanol–water partition coefficient (Wildman–Crippen LogP) is 2.40. The standard InChI is InChI=1S/C20H18N4O3S/c21-20-18(19(25)13-5-2-1-3-6-13)23-17(12-22-20)14-7-4-8-16(11-14)28(26,27)24-15-9-10-15/h1-8,11-12,15,24H,9-10H2,(H2,21,22). The van der Waals surface area contributed by atoms with Crippen molar-refractivity contribution >= 4 is 21.6 Å². The Morgan fingerprint density at radius 2 is 1.82 bits per heavy atom. The minimum Gasteiger partial charge on any atom is -0.382 e. The summed E-state index contributed by atoms with van der Waals surface area (Å²) in [6, 6.07) is 15.1. The number of nitrogens with one attached hydrogen (secondary N) is 1. The second-order valence-electron chi connectivity index (χ2n) is 6.61. The van der Waals surface area contributed by atoms with Gasteiger partial charge in [0.25, 0.3) is 0 Å². The Labute approximate surface area is 162 Å². The van der Waals surface area contributed by atoms with Crippen LogP contribution in [-0.4, -0.2) is 30.2 Å². The van der Waals surface area contributed by atoms with Gasteiger partial charge in [-0.05, 0) is 25.0 Å². The first-order valence-electron chi connectivity index (χ1n) is 8.79. The summed E-state index contributed by atoms with van der Waals surface area (Å²) in [5.74, 6) is -0.316. The summed E-state index contributed by atoms with van der Waals surface area (Å²) in [6.07, 6.45) is 3.14. The minimum absolute atomic E-state index is 0.0140. The Morgan fingerprint density at radius 3 is 2.54 bits per heavy atom. The Kier molecular flexibility index (Phi) is 4.66. The van der Waals surface area contributed by atoms with Crippen molar-refractivity contribution in [2.75, 3.05) is 5.73 Å². The third-order valence-corrected chi connectivity index (χ3v) is 5.91. The molecule has 0 radical (unpaired) electrons.